The normalized spacial score (nSPS) is 11.2. The Morgan fingerprint density at radius 1 is 0.774 bits per heavy atom. The maximum Gasteiger partial charge on any atom is 0.328 e. The fraction of sp³-hybridized carbons (Fsp3) is 0.348. The number of esters is 1. The Hall–Kier alpha value is -3.55. The quantitative estimate of drug-likeness (QED) is 0.421. The van der Waals surface area contributed by atoms with Gasteiger partial charge in [-0.05, 0) is 67.8 Å². The van der Waals surface area contributed by atoms with E-state index < -0.39 is 12.0 Å². The van der Waals surface area contributed by atoms with E-state index in [0.29, 0.717) is 48.4 Å². The maximum atomic E-state index is 12.4. The molecule has 0 unspecified atom stereocenters. The fourth-order valence-corrected chi connectivity index (χ4v) is 2.90. The molecule has 0 bridgehead atoms. The molecule has 0 aromatic heterocycles. The summed E-state index contributed by atoms with van der Waals surface area (Å²) in [6.07, 6.45) is 1.66. The first-order valence-corrected chi connectivity index (χ1v) is 9.93. The number of hydrogen-bond acceptors (Lipinski definition) is 6. The number of benzene rings is 2. The molecule has 0 heterocycles. The lowest BCUT2D eigenvalue weighted by molar-refractivity contribution is -0.143. The van der Waals surface area contributed by atoms with Crippen LogP contribution < -0.4 is 20.1 Å². The van der Waals surface area contributed by atoms with E-state index in [1.807, 2.05) is 0 Å². The Morgan fingerprint density at radius 3 is 1.77 bits per heavy atom. The van der Waals surface area contributed by atoms with E-state index in [1.54, 1.807) is 62.8 Å². The van der Waals surface area contributed by atoms with Crippen LogP contribution in [0.4, 0.5) is 0 Å². The highest BCUT2D eigenvalue weighted by Gasteiger charge is 2.21. The molecule has 2 aromatic carbocycles. The average molecular weight is 428 g/mol. The number of amides is 2. The first-order valence-electron chi connectivity index (χ1n) is 9.93. The summed E-state index contributed by atoms with van der Waals surface area (Å²) >= 11 is 0. The number of ether oxygens (including phenoxy) is 3. The van der Waals surface area contributed by atoms with Gasteiger partial charge in [0.1, 0.15) is 17.5 Å². The zero-order valence-corrected chi connectivity index (χ0v) is 18.0. The van der Waals surface area contributed by atoms with Crippen molar-refractivity contribution in [2.75, 3.05) is 27.9 Å². The third-order valence-corrected chi connectivity index (χ3v) is 4.70. The molecule has 31 heavy (non-hydrogen) atoms. The maximum absolute atomic E-state index is 12.4. The van der Waals surface area contributed by atoms with Crippen molar-refractivity contribution in [2.45, 2.75) is 25.3 Å². The third-order valence-electron chi connectivity index (χ3n) is 4.70. The van der Waals surface area contributed by atoms with E-state index in [1.165, 1.54) is 7.11 Å². The number of methoxy groups -OCH3 is 3. The van der Waals surface area contributed by atoms with Crippen molar-refractivity contribution >= 4 is 17.8 Å². The molecule has 8 nitrogen and oxygen atoms in total. The summed E-state index contributed by atoms with van der Waals surface area (Å²) in [6.45, 7) is 0.450. The van der Waals surface area contributed by atoms with Crippen molar-refractivity contribution in [1.82, 2.24) is 10.6 Å². The SMILES string of the molecule is COC(=O)[C@H](CCCCNC(=O)c1ccc(OC)cc1)NC(=O)c1ccc(OC)cc1. The van der Waals surface area contributed by atoms with Crippen molar-refractivity contribution in [3.05, 3.63) is 59.7 Å². The van der Waals surface area contributed by atoms with Crippen LogP contribution in [0.15, 0.2) is 48.5 Å². The highest BCUT2D eigenvalue weighted by atomic mass is 16.5. The molecule has 0 saturated heterocycles. The van der Waals surface area contributed by atoms with Crippen LogP contribution in [-0.4, -0.2) is 51.7 Å². The van der Waals surface area contributed by atoms with Gasteiger partial charge in [0, 0.05) is 17.7 Å². The monoisotopic (exact) mass is 428 g/mol. The average Bonchev–Trinajstić information content (AvgIpc) is 2.82. The molecular weight excluding hydrogens is 400 g/mol. The highest BCUT2D eigenvalue weighted by Crippen LogP contribution is 2.13. The molecule has 2 N–H and O–H groups in total. The lowest BCUT2D eigenvalue weighted by Crippen LogP contribution is -2.41. The molecule has 0 spiro atoms. The number of unbranched alkanes of at least 4 members (excludes halogenated alkanes) is 1. The molecular formula is C23H28N2O6. The number of carbonyl (C=O) groups is 3. The summed E-state index contributed by atoms with van der Waals surface area (Å²) in [5, 5.41) is 5.54. The summed E-state index contributed by atoms with van der Waals surface area (Å²) in [6, 6.07) is 12.7. The number of hydrogen-bond donors (Lipinski definition) is 2. The van der Waals surface area contributed by atoms with Crippen molar-refractivity contribution in [3.63, 3.8) is 0 Å². The molecule has 0 fully saturated rings. The number of nitrogens with one attached hydrogen (secondary N) is 2. The van der Waals surface area contributed by atoms with E-state index >= 15 is 0 Å². The zero-order chi connectivity index (χ0) is 22.6. The Balaban J connectivity index is 1.79. The second-order valence-corrected chi connectivity index (χ2v) is 6.76. The second-order valence-electron chi connectivity index (χ2n) is 6.76. The Kier molecular flexibility index (Phi) is 9.35. The first kappa shape index (κ1) is 23.7. The largest absolute Gasteiger partial charge is 0.497 e. The van der Waals surface area contributed by atoms with Gasteiger partial charge in [-0.1, -0.05) is 0 Å². The molecule has 2 rings (SSSR count). The molecule has 0 aliphatic heterocycles. The van der Waals surface area contributed by atoms with Crippen molar-refractivity contribution in [2.24, 2.45) is 0 Å². The van der Waals surface area contributed by atoms with Crippen LogP contribution in [0.1, 0.15) is 40.0 Å². The standard InChI is InChI=1S/C23H28N2O6/c1-29-18-11-7-16(8-12-18)21(26)24-15-5-4-6-20(23(28)31-3)25-22(27)17-9-13-19(30-2)14-10-17/h7-14,20H,4-6,15H2,1-3H3,(H,24,26)(H,25,27)/t20-/m0/s1. The van der Waals surface area contributed by atoms with Gasteiger partial charge in [-0.15, -0.1) is 0 Å². The van der Waals surface area contributed by atoms with Gasteiger partial charge in [-0.2, -0.15) is 0 Å². The Labute approximate surface area is 181 Å². The second kappa shape index (κ2) is 12.2. The lowest BCUT2D eigenvalue weighted by atomic mass is 10.1. The summed E-state index contributed by atoms with van der Waals surface area (Å²) < 4.78 is 15.0. The topological polar surface area (TPSA) is 103 Å². The Bertz CT molecular complexity index is 865. The predicted molar refractivity (Wildman–Crippen MR) is 115 cm³/mol. The molecule has 0 saturated carbocycles. The van der Waals surface area contributed by atoms with Gasteiger partial charge < -0.3 is 24.8 Å². The van der Waals surface area contributed by atoms with Gasteiger partial charge in [0.25, 0.3) is 11.8 Å². The molecule has 0 aliphatic carbocycles. The van der Waals surface area contributed by atoms with Gasteiger partial charge in [0.05, 0.1) is 21.3 Å². The molecule has 2 amide bonds. The van der Waals surface area contributed by atoms with E-state index in [-0.39, 0.29) is 11.8 Å². The zero-order valence-electron chi connectivity index (χ0n) is 18.0. The van der Waals surface area contributed by atoms with Gasteiger partial charge in [0.15, 0.2) is 0 Å². The highest BCUT2D eigenvalue weighted by molar-refractivity contribution is 5.97. The summed E-state index contributed by atoms with van der Waals surface area (Å²) in [7, 11) is 4.39. The van der Waals surface area contributed by atoms with Crippen LogP contribution in [0.25, 0.3) is 0 Å². The summed E-state index contributed by atoms with van der Waals surface area (Å²) in [4.78, 5) is 36.6. The van der Waals surface area contributed by atoms with Crippen molar-refractivity contribution < 1.29 is 28.6 Å². The smallest absolute Gasteiger partial charge is 0.328 e. The van der Waals surface area contributed by atoms with Gasteiger partial charge >= 0.3 is 5.97 Å². The molecule has 8 heteroatoms. The molecule has 166 valence electrons. The van der Waals surface area contributed by atoms with E-state index in [2.05, 4.69) is 10.6 Å². The van der Waals surface area contributed by atoms with Crippen LogP contribution in [0.3, 0.4) is 0 Å². The minimum atomic E-state index is -0.767. The fourth-order valence-electron chi connectivity index (χ4n) is 2.90. The van der Waals surface area contributed by atoms with Gasteiger partial charge in [-0.25, -0.2) is 4.79 Å². The number of carbonyl (C=O) groups excluding carboxylic acids is 3. The minimum absolute atomic E-state index is 0.181. The van der Waals surface area contributed by atoms with Crippen LogP contribution >= 0.6 is 0 Å². The van der Waals surface area contributed by atoms with Gasteiger partial charge in [-0.3, -0.25) is 9.59 Å². The van der Waals surface area contributed by atoms with Crippen LogP contribution in [-0.2, 0) is 9.53 Å². The molecule has 1 atom stereocenters. The summed E-state index contributed by atoms with van der Waals surface area (Å²) in [5.74, 6) is 0.259. The molecule has 0 aliphatic rings. The van der Waals surface area contributed by atoms with Crippen molar-refractivity contribution in [3.8, 4) is 11.5 Å². The van der Waals surface area contributed by atoms with E-state index in [0.717, 1.165) is 0 Å². The van der Waals surface area contributed by atoms with Crippen LogP contribution in [0, 0.1) is 0 Å². The first-order chi connectivity index (χ1) is 15.0. The summed E-state index contributed by atoms with van der Waals surface area (Å²) in [5.41, 5.74) is 0.960. The third kappa shape index (κ3) is 7.33. The van der Waals surface area contributed by atoms with E-state index in [9.17, 15) is 14.4 Å². The van der Waals surface area contributed by atoms with Crippen LogP contribution in [0.2, 0.25) is 0 Å². The molecule has 0 radical (unpaired) electrons. The Morgan fingerprint density at radius 2 is 1.29 bits per heavy atom. The van der Waals surface area contributed by atoms with Gasteiger partial charge in [0.2, 0.25) is 0 Å². The predicted octanol–water partition coefficient (Wildman–Crippen LogP) is 2.58. The molecule has 2 aromatic rings. The van der Waals surface area contributed by atoms with Crippen molar-refractivity contribution in [1.29, 1.82) is 0 Å². The van der Waals surface area contributed by atoms with Crippen LogP contribution in [0.5, 0.6) is 11.5 Å². The van der Waals surface area contributed by atoms with E-state index in [4.69, 9.17) is 14.2 Å². The minimum Gasteiger partial charge on any atom is -0.497 e. The lowest BCUT2D eigenvalue weighted by Gasteiger charge is -2.16. The number of rotatable bonds is 11.